The van der Waals surface area contributed by atoms with Crippen LogP contribution in [0, 0.1) is 0 Å². The predicted octanol–water partition coefficient (Wildman–Crippen LogP) is 4.74. The molecule has 0 radical (unpaired) electrons. The van der Waals surface area contributed by atoms with Crippen LogP contribution >= 0.6 is 11.6 Å². The molecule has 2 aromatic carbocycles. The Labute approximate surface area is 177 Å². The Morgan fingerprint density at radius 3 is 2.13 bits per heavy atom. The molecule has 2 aromatic rings. The molecular formula is C20H19ClF3N2O3S+. The maximum atomic E-state index is 13.0. The summed E-state index contributed by atoms with van der Waals surface area (Å²) in [5.41, 5.74) is 6.19. The van der Waals surface area contributed by atoms with Gasteiger partial charge in [0.1, 0.15) is 24.2 Å². The minimum Gasteiger partial charge on any atom is -0.457 e. The van der Waals surface area contributed by atoms with Gasteiger partial charge in [-0.25, -0.2) is 0 Å². The molecule has 160 valence electrons. The zero-order valence-corrected chi connectivity index (χ0v) is 17.2. The van der Waals surface area contributed by atoms with Crippen LogP contribution in [0.1, 0.15) is 0 Å². The summed E-state index contributed by atoms with van der Waals surface area (Å²) in [6.45, 7) is -0.185. The van der Waals surface area contributed by atoms with E-state index in [1.54, 1.807) is 30.3 Å². The molecule has 1 aliphatic rings. The van der Waals surface area contributed by atoms with Crippen molar-refractivity contribution < 1.29 is 26.3 Å². The second-order valence-corrected chi connectivity index (χ2v) is 9.22. The van der Waals surface area contributed by atoms with Crippen molar-refractivity contribution in [2.24, 2.45) is 5.73 Å². The van der Waals surface area contributed by atoms with Crippen molar-refractivity contribution in [1.29, 1.82) is 0 Å². The molecule has 0 spiro atoms. The molecule has 0 aliphatic carbocycles. The van der Waals surface area contributed by atoms with Gasteiger partial charge in [0.2, 0.25) is 0 Å². The van der Waals surface area contributed by atoms with Crippen molar-refractivity contribution in [3.05, 3.63) is 77.5 Å². The molecular weight excluding hydrogens is 441 g/mol. The van der Waals surface area contributed by atoms with Crippen LogP contribution < -0.4 is 14.4 Å². The van der Waals surface area contributed by atoms with Gasteiger partial charge in [-0.2, -0.15) is 25.5 Å². The van der Waals surface area contributed by atoms with Crippen LogP contribution in [0.15, 0.2) is 72.5 Å². The molecule has 2 N–H and O–H groups in total. The number of quaternary nitrogens is 1. The van der Waals surface area contributed by atoms with Gasteiger partial charge in [-0.3, -0.25) is 0 Å². The summed E-state index contributed by atoms with van der Waals surface area (Å²) in [6, 6.07) is 12.5. The molecule has 0 aromatic heterocycles. The molecule has 0 amide bonds. The quantitative estimate of drug-likeness (QED) is 0.633. The van der Waals surface area contributed by atoms with E-state index in [4.69, 9.17) is 22.1 Å². The Balaban J connectivity index is 1.99. The van der Waals surface area contributed by atoms with Gasteiger partial charge in [0, 0.05) is 29.3 Å². The summed E-state index contributed by atoms with van der Waals surface area (Å²) in [6.07, 6.45) is -0.498. The first-order valence-electron chi connectivity index (χ1n) is 8.84. The van der Waals surface area contributed by atoms with Crippen molar-refractivity contribution in [1.82, 2.24) is 3.89 Å². The Hall–Kier alpha value is -2.33. The monoisotopic (exact) mass is 459 g/mol. The molecule has 0 saturated heterocycles. The van der Waals surface area contributed by atoms with Crippen molar-refractivity contribution >= 4 is 27.3 Å². The van der Waals surface area contributed by atoms with Gasteiger partial charge >= 0.3 is 16.2 Å². The number of hydrogen-bond donors (Lipinski definition) is 1. The minimum absolute atomic E-state index is 0.00417. The fraction of sp³-hybridized carbons (Fsp3) is 0.200. The van der Waals surface area contributed by atoms with Crippen LogP contribution in [-0.4, -0.2) is 33.4 Å². The van der Waals surface area contributed by atoms with E-state index in [9.17, 15) is 21.6 Å². The van der Waals surface area contributed by atoms with Crippen molar-refractivity contribution in [3.63, 3.8) is 0 Å². The largest absolute Gasteiger partial charge is 0.457 e. The van der Waals surface area contributed by atoms with E-state index in [0.29, 0.717) is 22.1 Å². The van der Waals surface area contributed by atoms with Gasteiger partial charge in [-0.1, -0.05) is 17.7 Å². The van der Waals surface area contributed by atoms with Crippen LogP contribution in [0.25, 0.3) is 0 Å². The number of nitrogens with zero attached hydrogens (tertiary/aromatic N) is 1. The summed E-state index contributed by atoms with van der Waals surface area (Å²) in [5, 5.41) is 0.541. The SMILES string of the molecule is NCC1=C[N+](c2ccc(Oc3ccc(Cl)cc3)cc2)(S(=O)(=O)CC(F)(F)F)CC=C1. The first kappa shape index (κ1) is 22.4. The third-order valence-electron chi connectivity index (χ3n) is 4.48. The fourth-order valence-electron chi connectivity index (χ4n) is 3.11. The van der Waals surface area contributed by atoms with E-state index in [0.717, 1.165) is 0 Å². The van der Waals surface area contributed by atoms with Crippen LogP contribution in [-0.2, 0) is 10.0 Å². The van der Waals surface area contributed by atoms with Crippen LogP contribution in [0.3, 0.4) is 0 Å². The van der Waals surface area contributed by atoms with Crippen molar-refractivity contribution in [3.8, 4) is 11.5 Å². The Morgan fingerprint density at radius 2 is 1.60 bits per heavy atom. The molecule has 5 nitrogen and oxygen atoms in total. The van der Waals surface area contributed by atoms with Gasteiger partial charge in [0.15, 0.2) is 11.4 Å². The average Bonchev–Trinajstić information content (AvgIpc) is 2.68. The third kappa shape index (κ3) is 4.86. The lowest BCUT2D eigenvalue weighted by Gasteiger charge is -2.34. The maximum Gasteiger partial charge on any atom is 0.408 e. The second-order valence-electron chi connectivity index (χ2n) is 6.68. The molecule has 10 heteroatoms. The van der Waals surface area contributed by atoms with E-state index in [2.05, 4.69) is 0 Å². The second kappa shape index (κ2) is 8.43. The number of benzene rings is 2. The highest BCUT2D eigenvalue weighted by Crippen LogP contribution is 2.36. The molecule has 1 unspecified atom stereocenters. The Kier molecular flexibility index (Phi) is 6.28. The van der Waals surface area contributed by atoms with E-state index < -0.39 is 25.8 Å². The van der Waals surface area contributed by atoms with E-state index in [1.165, 1.54) is 36.5 Å². The summed E-state index contributed by atoms with van der Waals surface area (Å²) < 4.78 is 69.5. The Bertz CT molecular complexity index is 1070. The van der Waals surface area contributed by atoms with Gasteiger partial charge in [-0.15, -0.1) is 0 Å². The molecule has 0 saturated carbocycles. The zero-order valence-electron chi connectivity index (χ0n) is 15.6. The Morgan fingerprint density at radius 1 is 1.03 bits per heavy atom. The molecule has 3 rings (SSSR count). The average molecular weight is 460 g/mol. The van der Waals surface area contributed by atoms with E-state index in [-0.39, 0.29) is 18.8 Å². The fourth-order valence-corrected chi connectivity index (χ4v) is 4.93. The van der Waals surface area contributed by atoms with Crippen LogP contribution in [0.5, 0.6) is 11.5 Å². The molecule has 1 atom stereocenters. The first-order chi connectivity index (χ1) is 14.0. The highest BCUT2D eigenvalue weighted by molar-refractivity contribution is 7.91. The number of ether oxygens (including phenoxy) is 1. The number of alkyl halides is 3. The summed E-state index contributed by atoms with van der Waals surface area (Å²) >= 11 is 5.83. The molecule has 1 heterocycles. The van der Waals surface area contributed by atoms with E-state index in [1.807, 2.05) is 0 Å². The van der Waals surface area contributed by atoms with Gasteiger partial charge in [0.25, 0.3) is 0 Å². The molecule has 0 fully saturated rings. The number of sulfonamides is 1. The molecule has 1 aliphatic heterocycles. The van der Waals surface area contributed by atoms with E-state index >= 15 is 0 Å². The lowest BCUT2D eigenvalue weighted by atomic mass is 10.2. The lowest BCUT2D eigenvalue weighted by Crippen LogP contribution is -2.54. The highest BCUT2D eigenvalue weighted by atomic mass is 35.5. The summed E-state index contributed by atoms with van der Waals surface area (Å²) in [4.78, 5) is 0. The third-order valence-corrected chi connectivity index (χ3v) is 6.89. The van der Waals surface area contributed by atoms with Gasteiger partial charge < -0.3 is 10.5 Å². The van der Waals surface area contributed by atoms with Crippen LogP contribution in [0.4, 0.5) is 18.9 Å². The van der Waals surface area contributed by atoms with Gasteiger partial charge in [0.05, 0.1) is 0 Å². The molecule has 30 heavy (non-hydrogen) atoms. The number of hydrogen-bond acceptors (Lipinski definition) is 4. The number of halogens is 4. The van der Waals surface area contributed by atoms with Crippen molar-refractivity contribution in [2.75, 3.05) is 18.8 Å². The minimum atomic E-state index is -4.88. The van der Waals surface area contributed by atoms with Crippen LogP contribution in [0.2, 0.25) is 5.02 Å². The first-order valence-corrected chi connectivity index (χ1v) is 10.8. The topological polar surface area (TPSA) is 69.4 Å². The maximum absolute atomic E-state index is 13.0. The van der Waals surface area contributed by atoms with Gasteiger partial charge in [-0.05, 0) is 42.5 Å². The normalized spacial score (nSPS) is 19.4. The molecule has 0 bridgehead atoms. The smallest absolute Gasteiger partial charge is 0.408 e. The standard InChI is InChI=1S/C20H19ClF3N2O3S/c21-16-3-7-18(8-4-16)29-19-9-5-17(6-10-19)26(11-1-2-15(12-25)13-26)30(27,28)14-20(22,23)24/h1-10,13H,11-12,14,25H2/q+1. The summed E-state index contributed by atoms with van der Waals surface area (Å²) in [5.74, 6) is -1.06. The number of nitrogens with two attached hydrogens (primary N) is 1. The zero-order chi connectivity index (χ0) is 22.0. The summed E-state index contributed by atoms with van der Waals surface area (Å²) in [7, 11) is -4.70. The predicted molar refractivity (Wildman–Crippen MR) is 111 cm³/mol. The number of rotatable bonds is 6. The lowest BCUT2D eigenvalue weighted by molar-refractivity contribution is -0.106. The highest BCUT2D eigenvalue weighted by Gasteiger charge is 2.50. The van der Waals surface area contributed by atoms with Crippen molar-refractivity contribution in [2.45, 2.75) is 6.18 Å².